The van der Waals surface area contributed by atoms with E-state index in [9.17, 15) is 9.59 Å². The van der Waals surface area contributed by atoms with Crippen molar-refractivity contribution in [2.75, 3.05) is 13.2 Å². The number of halogens is 1. The maximum absolute atomic E-state index is 13.9. The van der Waals surface area contributed by atoms with Gasteiger partial charge in [-0.25, -0.2) is 4.98 Å². The van der Waals surface area contributed by atoms with Gasteiger partial charge in [-0.3, -0.25) is 14.2 Å². The summed E-state index contributed by atoms with van der Waals surface area (Å²) in [5.41, 5.74) is 2.39. The zero-order valence-electron chi connectivity index (χ0n) is 22.2. The van der Waals surface area contributed by atoms with Crippen molar-refractivity contribution in [1.82, 2.24) is 14.5 Å². The Morgan fingerprint density at radius 1 is 1.00 bits per heavy atom. The first kappa shape index (κ1) is 27.4. The minimum absolute atomic E-state index is 0.120. The Morgan fingerprint density at radius 3 is 2.37 bits per heavy atom. The van der Waals surface area contributed by atoms with Gasteiger partial charge in [-0.1, -0.05) is 63.1 Å². The smallest absolute Gasteiger partial charge is 0.266 e. The average Bonchev–Trinajstić information content (AvgIpc) is 2.95. The van der Waals surface area contributed by atoms with Crippen molar-refractivity contribution >= 4 is 28.4 Å². The summed E-state index contributed by atoms with van der Waals surface area (Å²) in [6.07, 6.45) is 3.25. The Hall–Kier alpha value is -3.64. The third kappa shape index (κ3) is 6.08. The Bertz CT molecular complexity index is 1430. The summed E-state index contributed by atoms with van der Waals surface area (Å²) >= 11 is 5.98. The molecule has 0 aliphatic heterocycles. The number of ether oxygens (including phenoxy) is 1. The van der Waals surface area contributed by atoms with Gasteiger partial charge < -0.3 is 9.64 Å². The molecule has 1 amide bonds. The number of rotatable bonds is 11. The number of hydrogen-bond acceptors (Lipinski definition) is 4. The molecule has 1 unspecified atom stereocenters. The quantitative estimate of drug-likeness (QED) is 0.214. The highest BCUT2D eigenvalue weighted by molar-refractivity contribution is 6.30. The molecule has 1 heterocycles. The number of carbonyl (C=O) groups excluding carboxylic acids is 1. The van der Waals surface area contributed by atoms with Crippen LogP contribution in [0.3, 0.4) is 0 Å². The molecule has 0 spiro atoms. The molecule has 0 aliphatic rings. The highest BCUT2D eigenvalue weighted by Crippen LogP contribution is 2.27. The van der Waals surface area contributed by atoms with Crippen LogP contribution in [-0.2, 0) is 11.2 Å². The molecule has 0 N–H and O–H groups in total. The summed E-state index contributed by atoms with van der Waals surface area (Å²) < 4.78 is 7.48. The minimum atomic E-state index is -0.411. The number of carbonyl (C=O) groups is 1. The Kier molecular flexibility index (Phi) is 9.19. The van der Waals surface area contributed by atoms with Crippen molar-refractivity contribution in [3.05, 3.63) is 99.6 Å². The number of aryl methyl sites for hydroxylation is 1. The molecule has 0 fully saturated rings. The molecular formula is C31H34ClN3O3. The zero-order chi connectivity index (χ0) is 27.1. The molecular weight excluding hydrogens is 498 g/mol. The van der Waals surface area contributed by atoms with Crippen molar-refractivity contribution in [3.8, 4) is 11.4 Å². The van der Waals surface area contributed by atoms with Gasteiger partial charge in [-0.2, -0.15) is 0 Å². The number of aromatic nitrogens is 2. The molecule has 7 heteroatoms. The second kappa shape index (κ2) is 12.7. The van der Waals surface area contributed by atoms with Crippen LogP contribution in [0, 0.1) is 0 Å². The van der Waals surface area contributed by atoms with E-state index < -0.39 is 6.04 Å². The molecule has 0 saturated heterocycles. The van der Waals surface area contributed by atoms with Crippen LogP contribution in [0.25, 0.3) is 16.6 Å². The molecule has 4 aromatic rings. The minimum Gasteiger partial charge on any atom is -0.484 e. The molecule has 4 rings (SSSR count). The summed E-state index contributed by atoms with van der Waals surface area (Å²) in [5, 5.41) is 1.15. The van der Waals surface area contributed by atoms with Crippen molar-refractivity contribution in [2.24, 2.45) is 0 Å². The van der Waals surface area contributed by atoms with Crippen LogP contribution in [0.5, 0.6) is 5.75 Å². The van der Waals surface area contributed by atoms with Crippen LogP contribution in [0.15, 0.2) is 77.6 Å². The molecule has 0 aliphatic carbocycles. The largest absolute Gasteiger partial charge is 0.484 e. The summed E-state index contributed by atoms with van der Waals surface area (Å²) in [5.74, 6) is 0.968. The van der Waals surface area contributed by atoms with Gasteiger partial charge in [0.05, 0.1) is 22.6 Å². The van der Waals surface area contributed by atoms with Crippen LogP contribution in [0.1, 0.15) is 57.5 Å². The van der Waals surface area contributed by atoms with Gasteiger partial charge in [0.15, 0.2) is 6.61 Å². The van der Waals surface area contributed by atoms with E-state index in [1.54, 1.807) is 34.9 Å². The van der Waals surface area contributed by atoms with Crippen LogP contribution >= 0.6 is 11.6 Å². The lowest BCUT2D eigenvalue weighted by atomic mass is 10.1. The van der Waals surface area contributed by atoms with Gasteiger partial charge in [0, 0.05) is 11.6 Å². The molecule has 0 saturated carbocycles. The lowest BCUT2D eigenvalue weighted by Gasteiger charge is -2.32. The maximum Gasteiger partial charge on any atom is 0.266 e. The molecule has 3 aromatic carbocycles. The molecule has 0 bridgehead atoms. The van der Waals surface area contributed by atoms with E-state index >= 15 is 0 Å². The standard InChI is InChI=1S/C31H34ClN3O3/c1-4-7-20-34(29(36)21-38-25-18-14-23(32)15-19-25)28(6-3)30-33-27-11-9-8-10-26(27)31(37)35(30)24-16-12-22(5-2)13-17-24/h8-19,28H,4-7,20-21H2,1-3H3. The fourth-order valence-electron chi connectivity index (χ4n) is 4.59. The number of para-hydroxylation sites is 1. The van der Waals surface area contributed by atoms with Gasteiger partial charge >= 0.3 is 0 Å². The van der Waals surface area contributed by atoms with Gasteiger partial charge in [-0.05, 0) is 73.4 Å². The Morgan fingerprint density at radius 2 is 1.71 bits per heavy atom. The number of nitrogens with zero attached hydrogens (tertiary/aromatic N) is 3. The predicted octanol–water partition coefficient (Wildman–Crippen LogP) is 6.76. The summed E-state index contributed by atoms with van der Waals surface area (Å²) in [6, 6.07) is 21.9. The molecule has 6 nitrogen and oxygen atoms in total. The Balaban J connectivity index is 1.78. The van der Waals surface area contributed by atoms with Crippen LogP contribution in [-0.4, -0.2) is 33.5 Å². The lowest BCUT2D eigenvalue weighted by molar-refractivity contribution is -0.136. The third-order valence-corrected chi connectivity index (χ3v) is 6.97. The van der Waals surface area contributed by atoms with Gasteiger partial charge in [0.1, 0.15) is 11.6 Å². The maximum atomic E-state index is 13.9. The van der Waals surface area contributed by atoms with Crippen LogP contribution < -0.4 is 10.3 Å². The highest BCUT2D eigenvalue weighted by Gasteiger charge is 2.29. The topological polar surface area (TPSA) is 64.4 Å². The highest BCUT2D eigenvalue weighted by atomic mass is 35.5. The summed E-state index contributed by atoms with van der Waals surface area (Å²) in [6.45, 7) is 6.62. The van der Waals surface area contributed by atoms with Crippen molar-refractivity contribution in [1.29, 1.82) is 0 Å². The van der Waals surface area contributed by atoms with E-state index in [1.165, 1.54) is 5.56 Å². The van der Waals surface area contributed by atoms with E-state index in [4.69, 9.17) is 21.3 Å². The van der Waals surface area contributed by atoms with Crippen molar-refractivity contribution in [2.45, 2.75) is 52.5 Å². The monoisotopic (exact) mass is 531 g/mol. The van der Waals surface area contributed by atoms with Crippen LogP contribution in [0.2, 0.25) is 5.02 Å². The van der Waals surface area contributed by atoms with E-state index in [0.717, 1.165) is 24.9 Å². The molecule has 38 heavy (non-hydrogen) atoms. The number of unbranched alkanes of at least 4 members (excludes halogenated alkanes) is 1. The lowest BCUT2D eigenvalue weighted by Crippen LogP contribution is -2.41. The van der Waals surface area contributed by atoms with E-state index in [-0.39, 0.29) is 18.1 Å². The molecule has 198 valence electrons. The molecule has 0 radical (unpaired) electrons. The first-order valence-corrected chi connectivity index (χ1v) is 13.6. The molecule has 1 aromatic heterocycles. The fraction of sp³-hybridized carbons (Fsp3) is 0.323. The summed E-state index contributed by atoms with van der Waals surface area (Å²) in [7, 11) is 0. The van der Waals surface area contributed by atoms with Gasteiger partial charge in [0.25, 0.3) is 11.5 Å². The fourth-order valence-corrected chi connectivity index (χ4v) is 4.71. The number of fused-ring (bicyclic) bond motifs is 1. The number of benzene rings is 3. The SMILES string of the molecule is CCCCN(C(=O)COc1ccc(Cl)cc1)C(CC)c1nc2ccccc2c(=O)n1-c1ccc(CC)cc1. The first-order valence-electron chi connectivity index (χ1n) is 13.3. The van der Waals surface area contributed by atoms with Crippen molar-refractivity contribution in [3.63, 3.8) is 0 Å². The zero-order valence-corrected chi connectivity index (χ0v) is 22.9. The number of amides is 1. The summed E-state index contributed by atoms with van der Waals surface area (Å²) in [4.78, 5) is 34.2. The van der Waals surface area contributed by atoms with E-state index in [1.807, 2.05) is 54.3 Å². The van der Waals surface area contributed by atoms with Crippen molar-refractivity contribution < 1.29 is 9.53 Å². The average molecular weight is 532 g/mol. The molecule has 1 atom stereocenters. The second-order valence-corrected chi connectivity index (χ2v) is 9.69. The van der Waals surface area contributed by atoms with E-state index in [2.05, 4.69) is 13.8 Å². The van der Waals surface area contributed by atoms with Gasteiger partial charge in [0.2, 0.25) is 0 Å². The second-order valence-electron chi connectivity index (χ2n) is 9.26. The van der Waals surface area contributed by atoms with Crippen LogP contribution in [0.4, 0.5) is 0 Å². The number of hydrogen-bond donors (Lipinski definition) is 0. The predicted molar refractivity (Wildman–Crippen MR) is 153 cm³/mol. The van der Waals surface area contributed by atoms with E-state index in [0.29, 0.717) is 40.5 Å². The first-order chi connectivity index (χ1) is 18.5. The van der Waals surface area contributed by atoms with Gasteiger partial charge in [-0.15, -0.1) is 0 Å². The third-order valence-electron chi connectivity index (χ3n) is 6.71. The normalized spacial score (nSPS) is 11.9. The Labute approximate surface area is 228 Å².